The van der Waals surface area contributed by atoms with Crippen LogP contribution in [0.5, 0.6) is 0 Å². The molecular weight excluding hydrogens is 221 g/mol. The van der Waals surface area contributed by atoms with Crippen LogP contribution in [0.25, 0.3) is 0 Å². The molecule has 0 unspecified atom stereocenters. The molecule has 0 heterocycles. The minimum absolute atomic E-state index is 0.0691. The second-order valence-corrected chi connectivity index (χ2v) is 3.28. The molecule has 0 saturated heterocycles. The second kappa shape index (κ2) is 8.26. The number of hydrogen-bond donors (Lipinski definition) is 1. The van der Waals surface area contributed by atoms with Crippen LogP contribution < -0.4 is 0 Å². The highest BCUT2D eigenvalue weighted by molar-refractivity contribution is 7.47. The first-order valence-corrected chi connectivity index (χ1v) is 5.37. The summed E-state index contributed by atoms with van der Waals surface area (Å²) in [5.41, 5.74) is 0. The van der Waals surface area contributed by atoms with E-state index in [9.17, 15) is 13.0 Å². The van der Waals surface area contributed by atoms with Crippen LogP contribution in [0, 0.1) is 0 Å². The van der Waals surface area contributed by atoms with Gasteiger partial charge in [0.2, 0.25) is 0 Å². The molecule has 0 aromatic carbocycles. The molecule has 0 saturated carbocycles. The molecule has 5 nitrogen and oxygen atoms in total. The number of halogens is 2. The van der Waals surface area contributed by atoms with Crippen molar-refractivity contribution >= 4 is 7.99 Å². The normalized spacial score (nSPS) is 11.9. The maximum Gasteiger partial charge on any atom is 0.552 e. The highest BCUT2D eigenvalue weighted by Gasteiger charge is 2.19. The Balaban J connectivity index is 3.03. The van der Waals surface area contributed by atoms with Gasteiger partial charge in [0.25, 0.3) is 0 Å². The molecule has 0 radical (unpaired) electrons. The number of aliphatic hydroxyl groups excluding tert-OH is 1. The van der Waals surface area contributed by atoms with E-state index in [-0.39, 0.29) is 33.0 Å². The standard InChI is InChI=1S/C6H13F2O5P/c7-14(8,10)13-6-5-12-4-3-11-2-1-9/h9H,1-6H2. The van der Waals surface area contributed by atoms with Gasteiger partial charge < -0.3 is 14.6 Å². The monoisotopic (exact) mass is 234 g/mol. The van der Waals surface area contributed by atoms with Crippen LogP contribution >= 0.6 is 7.99 Å². The molecule has 14 heavy (non-hydrogen) atoms. The summed E-state index contributed by atoms with van der Waals surface area (Å²) in [7, 11) is -5.38. The molecule has 0 aliphatic carbocycles. The van der Waals surface area contributed by atoms with Crippen molar-refractivity contribution in [2.45, 2.75) is 0 Å². The highest BCUT2D eigenvalue weighted by Crippen LogP contribution is 2.49. The Morgan fingerprint density at radius 2 is 1.50 bits per heavy atom. The minimum atomic E-state index is -5.38. The number of rotatable bonds is 9. The molecule has 86 valence electrons. The van der Waals surface area contributed by atoms with E-state index in [1.807, 2.05) is 0 Å². The van der Waals surface area contributed by atoms with E-state index in [4.69, 9.17) is 14.6 Å². The van der Waals surface area contributed by atoms with Crippen LogP contribution in [0.4, 0.5) is 8.39 Å². The average Bonchev–Trinajstić information content (AvgIpc) is 2.08. The van der Waals surface area contributed by atoms with Crippen molar-refractivity contribution in [3.8, 4) is 0 Å². The van der Waals surface area contributed by atoms with E-state index in [0.29, 0.717) is 0 Å². The fourth-order valence-electron chi connectivity index (χ4n) is 0.589. The van der Waals surface area contributed by atoms with Gasteiger partial charge in [-0.2, -0.15) is 0 Å². The highest BCUT2D eigenvalue weighted by atomic mass is 31.2. The van der Waals surface area contributed by atoms with E-state index in [0.717, 1.165) is 0 Å². The third-order valence-electron chi connectivity index (χ3n) is 1.08. The molecule has 0 fully saturated rings. The summed E-state index contributed by atoms with van der Waals surface area (Å²) in [4.78, 5) is 0. The fraction of sp³-hybridized carbons (Fsp3) is 1.00. The van der Waals surface area contributed by atoms with Crippen molar-refractivity contribution in [3.05, 3.63) is 0 Å². The summed E-state index contributed by atoms with van der Waals surface area (Å²) in [5.74, 6) is 0. The van der Waals surface area contributed by atoms with Crippen molar-refractivity contribution in [1.82, 2.24) is 0 Å². The Hall–Kier alpha value is -0.0700. The van der Waals surface area contributed by atoms with Crippen LogP contribution in [0.2, 0.25) is 0 Å². The SMILES string of the molecule is O=P(F)(F)OCCOCCOCCO. The lowest BCUT2D eigenvalue weighted by Gasteiger charge is -2.04. The van der Waals surface area contributed by atoms with Crippen LogP contribution in [-0.2, 0) is 18.6 Å². The first-order chi connectivity index (χ1) is 6.56. The van der Waals surface area contributed by atoms with E-state index >= 15 is 0 Å². The Morgan fingerprint density at radius 3 is 2.00 bits per heavy atom. The van der Waals surface area contributed by atoms with E-state index in [2.05, 4.69) is 4.52 Å². The van der Waals surface area contributed by atoms with Gasteiger partial charge in [-0.1, -0.05) is 0 Å². The summed E-state index contributed by atoms with van der Waals surface area (Å²) in [6, 6.07) is 0. The van der Waals surface area contributed by atoms with Crippen LogP contribution in [0.15, 0.2) is 0 Å². The predicted octanol–water partition coefficient (Wildman–Crippen LogP) is 1.08. The zero-order chi connectivity index (χ0) is 10.9. The third kappa shape index (κ3) is 11.9. The molecule has 8 heteroatoms. The molecule has 0 aromatic rings. The number of hydrogen-bond acceptors (Lipinski definition) is 5. The van der Waals surface area contributed by atoms with Gasteiger partial charge in [0, 0.05) is 0 Å². The van der Waals surface area contributed by atoms with Crippen molar-refractivity contribution in [3.63, 3.8) is 0 Å². The molecular formula is C6H13F2O5P. The van der Waals surface area contributed by atoms with Crippen molar-refractivity contribution < 1.29 is 32.1 Å². The Labute approximate surface area is 80.7 Å². The average molecular weight is 234 g/mol. The van der Waals surface area contributed by atoms with Gasteiger partial charge in [0.05, 0.1) is 39.6 Å². The van der Waals surface area contributed by atoms with Gasteiger partial charge >= 0.3 is 7.99 Å². The maximum atomic E-state index is 11.6. The smallest absolute Gasteiger partial charge is 0.394 e. The number of ether oxygens (including phenoxy) is 2. The Kier molecular flexibility index (Phi) is 8.21. The predicted molar refractivity (Wildman–Crippen MR) is 44.5 cm³/mol. The first-order valence-electron chi connectivity index (χ1n) is 3.96. The summed E-state index contributed by atoms with van der Waals surface area (Å²) >= 11 is 0. The van der Waals surface area contributed by atoms with Crippen LogP contribution in [-0.4, -0.2) is 44.7 Å². The summed E-state index contributed by atoms with van der Waals surface area (Å²) < 4.78 is 46.2. The van der Waals surface area contributed by atoms with Crippen LogP contribution in [0.3, 0.4) is 0 Å². The maximum absolute atomic E-state index is 11.6. The Bertz CT molecular complexity index is 174. The van der Waals surface area contributed by atoms with Crippen molar-refractivity contribution in [2.75, 3.05) is 39.6 Å². The molecule has 0 amide bonds. The molecule has 0 aliphatic rings. The zero-order valence-electron chi connectivity index (χ0n) is 7.53. The molecule has 0 spiro atoms. The number of aliphatic hydroxyl groups is 1. The molecule has 0 atom stereocenters. The molecule has 0 rings (SSSR count). The molecule has 1 N–H and O–H groups in total. The quantitative estimate of drug-likeness (QED) is 0.477. The van der Waals surface area contributed by atoms with E-state index < -0.39 is 14.6 Å². The van der Waals surface area contributed by atoms with Gasteiger partial charge in [-0.25, -0.2) is 4.57 Å². The third-order valence-corrected chi connectivity index (χ3v) is 1.56. The minimum Gasteiger partial charge on any atom is -0.394 e. The van der Waals surface area contributed by atoms with Crippen molar-refractivity contribution in [1.29, 1.82) is 0 Å². The van der Waals surface area contributed by atoms with Gasteiger partial charge in [-0.3, -0.25) is 4.52 Å². The Morgan fingerprint density at radius 1 is 1.00 bits per heavy atom. The van der Waals surface area contributed by atoms with Gasteiger partial charge in [0.15, 0.2) is 0 Å². The van der Waals surface area contributed by atoms with Gasteiger partial charge in [-0.15, -0.1) is 8.39 Å². The molecule has 0 aliphatic heterocycles. The summed E-state index contributed by atoms with van der Waals surface area (Å²) in [5, 5.41) is 8.30. The zero-order valence-corrected chi connectivity index (χ0v) is 8.42. The van der Waals surface area contributed by atoms with E-state index in [1.165, 1.54) is 0 Å². The largest absolute Gasteiger partial charge is 0.552 e. The van der Waals surface area contributed by atoms with Gasteiger partial charge in [-0.05, 0) is 0 Å². The van der Waals surface area contributed by atoms with Crippen LogP contribution in [0.1, 0.15) is 0 Å². The molecule has 0 aromatic heterocycles. The topological polar surface area (TPSA) is 65.0 Å². The summed E-state index contributed by atoms with van der Waals surface area (Å²) in [6.45, 7) is 0.139. The lowest BCUT2D eigenvalue weighted by atomic mass is 10.7. The summed E-state index contributed by atoms with van der Waals surface area (Å²) in [6.07, 6.45) is 0. The molecule has 0 bridgehead atoms. The van der Waals surface area contributed by atoms with E-state index in [1.54, 1.807) is 0 Å². The van der Waals surface area contributed by atoms with Gasteiger partial charge in [0.1, 0.15) is 0 Å². The lowest BCUT2D eigenvalue weighted by Crippen LogP contribution is -2.09. The fourth-order valence-corrected chi connectivity index (χ4v) is 0.876. The second-order valence-electron chi connectivity index (χ2n) is 2.20. The first kappa shape index (κ1) is 13.9. The lowest BCUT2D eigenvalue weighted by molar-refractivity contribution is 0.0234. The van der Waals surface area contributed by atoms with Crippen molar-refractivity contribution in [2.24, 2.45) is 0 Å².